The number of hydrogen-bond acceptors (Lipinski definition) is 8. The monoisotopic (exact) mass is 606 g/mol. The van der Waals surface area contributed by atoms with Crippen molar-refractivity contribution < 1.29 is 58.7 Å². The van der Waals surface area contributed by atoms with Crippen LogP contribution in [0, 0.1) is 11.3 Å². The second kappa shape index (κ2) is 19.6. The Labute approximate surface area is 251 Å². The summed E-state index contributed by atoms with van der Waals surface area (Å²) in [6.07, 6.45) is 6.98. The number of unbranched alkanes of at least 4 members (excludes halogenated alkanes) is 2. The van der Waals surface area contributed by atoms with E-state index in [-0.39, 0.29) is 41.1 Å². The number of benzene rings is 1. The number of carboxylic acid groups (broad SMARTS) is 4. The molecule has 0 saturated carbocycles. The minimum absolute atomic E-state index is 0.000764. The van der Waals surface area contributed by atoms with Gasteiger partial charge in [0.2, 0.25) is 0 Å². The highest BCUT2D eigenvalue weighted by Crippen LogP contribution is 2.40. The zero-order valence-corrected chi connectivity index (χ0v) is 25.3. The quantitative estimate of drug-likeness (QED) is 0.0937. The van der Waals surface area contributed by atoms with Gasteiger partial charge in [-0.25, -0.2) is 14.4 Å². The van der Waals surface area contributed by atoms with Crippen LogP contribution in [-0.4, -0.2) is 63.4 Å². The van der Waals surface area contributed by atoms with Gasteiger partial charge in [0, 0.05) is 30.4 Å². The van der Waals surface area contributed by atoms with Crippen LogP contribution in [0.5, 0.6) is 5.75 Å². The first-order valence-electron chi connectivity index (χ1n) is 13.7. The van der Waals surface area contributed by atoms with Crippen LogP contribution in [0.2, 0.25) is 0 Å². The third-order valence-electron chi connectivity index (χ3n) is 6.10. The van der Waals surface area contributed by atoms with Crippen molar-refractivity contribution in [3.63, 3.8) is 0 Å². The van der Waals surface area contributed by atoms with Gasteiger partial charge in [-0.15, -0.1) is 0 Å². The summed E-state index contributed by atoms with van der Waals surface area (Å²) in [6, 6.07) is 5.80. The SMILES string of the molecule is CC(C)/C=C\CCCCC(=O)O.CC1(C)CCC(=O)C(CCC(=O)O)=C1C(=O)O.COC(=O)Oc1ccccc1C(=O)O. The van der Waals surface area contributed by atoms with Gasteiger partial charge in [-0.3, -0.25) is 14.4 Å². The summed E-state index contributed by atoms with van der Waals surface area (Å²) in [5.74, 6) is -3.67. The van der Waals surface area contributed by atoms with E-state index >= 15 is 0 Å². The zero-order valence-electron chi connectivity index (χ0n) is 25.3. The van der Waals surface area contributed by atoms with Gasteiger partial charge in [0.25, 0.3) is 0 Å². The molecular weight excluding hydrogens is 564 g/mol. The fraction of sp³-hybridized carbons (Fsp3) is 0.484. The van der Waals surface area contributed by atoms with Crippen LogP contribution in [0.25, 0.3) is 0 Å². The molecule has 4 N–H and O–H groups in total. The predicted octanol–water partition coefficient (Wildman–Crippen LogP) is 6.00. The number of aliphatic carboxylic acids is 3. The summed E-state index contributed by atoms with van der Waals surface area (Å²) >= 11 is 0. The average molecular weight is 607 g/mol. The molecule has 1 aliphatic rings. The van der Waals surface area contributed by atoms with Gasteiger partial charge in [0.1, 0.15) is 11.3 Å². The molecule has 0 spiro atoms. The fourth-order valence-corrected chi connectivity index (χ4v) is 3.94. The summed E-state index contributed by atoms with van der Waals surface area (Å²) in [6.45, 7) is 7.80. The molecule has 0 unspecified atom stereocenters. The molecule has 12 nitrogen and oxygen atoms in total. The molecule has 0 saturated heterocycles. The molecule has 238 valence electrons. The van der Waals surface area contributed by atoms with Gasteiger partial charge in [-0.1, -0.05) is 52.0 Å². The number of carbonyl (C=O) groups is 6. The van der Waals surface area contributed by atoms with E-state index in [0.29, 0.717) is 25.2 Å². The Morgan fingerprint density at radius 3 is 2.05 bits per heavy atom. The number of Topliss-reactive ketones (excluding diaryl/α,β-unsaturated/α-hetero) is 1. The Bertz CT molecular complexity index is 1190. The zero-order chi connectivity index (χ0) is 33.2. The van der Waals surface area contributed by atoms with Crippen LogP contribution in [0.15, 0.2) is 47.6 Å². The third-order valence-corrected chi connectivity index (χ3v) is 6.10. The summed E-state index contributed by atoms with van der Waals surface area (Å²) < 4.78 is 8.85. The summed E-state index contributed by atoms with van der Waals surface area (Å²) in [7, 11) is 1.14. The topological polar surface area (TPSA) is 202 Å². The number of carboxylic acids is 4. The summed E-state index contributed by atoms with van der Waals surface area (Å²) in [5.41, 5.74) is -0.405. The molecule has 0 amide bonds. The minimum Gasteiger partial charge on any atom is -0.481 e. The highest BCUT2D eigenvalue weighted by Gasteiger charge is 2.37. The Morgan fingerprint density at radius 1 is 0.930 bits per heavy atom. The van der Waals surface area contributed by atoms with Crippen LogP contribution >= 0.6 is 0 Å². The second-order valence-corrected chi connectivity index (χ2v) is 10.5. The molecule has 0 aromatic heterocycles. The molecule has 0 heterocycles. The lowest BCUT2D eigenvalue weighted by molar-refractivity contribution is -0.138. The summed E-state index contributed by atoms with van der Waals surface area (Å²) in [4.78, 5) is 64.9. The molecule has 43 heavy (non-hydrogen) atoms. The highest BCUT2D eigenvalue weighted by molar-refractivity contribution is 6.05. The van der Waals surface area contributed by atoms with Crippen molar-refractivity contribution in [2.45, 2.75) is 79.1 Å². The number of ether oxygens (including phenoxy) is 2. The Balaban J connectivity index is 0.000000626. The predicted molar refractivity (Wildman–Crippen MR) is 156 cm³/mol. The maximum absolute atomic E-state index is 11.7. The van der Waals surface area contributed by atoms with E-state index in [1.165, 1.54) is 18.2 Å². The lowest BCUT2D eigenvalue weighted by atomic mass is 9.71. The van der Waals surface area contributed by atoms with Crippen molar-refractivity contribution >= 4 is 35.8 Å². The standard InChI is InChI=1S/C12H16O5.C10H18O2.C9H8O5/c1-12(2)6-5-8(13)7(3-4-9(14)15)10(12)11(16)17;1-9(2)7-5-3-4-6-8-10(11)12;1-13-9(12)14-7-5-3-2-4-6(7)8(10)11/h3-6H2,1-2H3,(H,14,15)(H,16,17);5,7,9H,3-4,6,8H2,1-2H3,(H,11,12);2-5H,1H3,(H,10,11)/b;7-5-;. The van der Waals surface area contributed by atoms with Gasteiger partial charge >= 0.3 is 30.0 Å². The van der Waals surface area contributed by atoms with E-state index in [2.05, 4.69) is 35.5 Å². The molecule has 12 heteroatoms. The normalized spacial score (nSPS) is 13.8. The lowest BCUT2D eigenvalue weighted by Gasteiger charge is -2.31. The smallest absolute Gasteiger partial charge is 0.481 e. The molecule has 1 aromatic rings. The third kappa shape index (κ3) is 15.9. The number of hydrogen-bond donors (Lipinski definition) is 4. The molecule has 2 rings (SSSR count). The number of ketones is 1. The van der Waals surface area contributed by atoms with Gasteiger partial charge in [0.05, 0.1) is 7.11 Å². The Morgan fingerprint density at radius 2 is 1.53 bits per heavy atom. The molecule has 0 radical (unpaired) electrons. The van der Waals surface area contributed by atoms with E-state index in [1.54, 1.807) is 19.9 Å². The molecule has 0 fully saturated rings. The number of methoxy groups -OCH3 is 1. The number of rotatable bonds is 12. The molecule has 0 aliphatic heterocycles. The van der Waals surface area contributed by atoms with Crippen LogP contribution in [0.1, 0.15) is 89.4 Å². The van der Waals surface area contributed by atoms with Gasteiger partial charge in [-0.05, 0) is 55.6 Å². The number of allylic oxidation sites excluding steroid dienone is 3. The van der Waals surface area contributed by atoms with Crippen LogP contribution in [0.4, 0.5) is 4.79 Å². The maximum atomic E-state index is 11.7. The van der Waals surface area contributed by atoms with Gasteiger partial charge in [0.15, 0.2) is 5.78 Å². The van der Waals surface area contributed by atoms with E-state index < -0.39 is 35.4 Å². The van der Waals surface area contributed by atoms with Crippen molar-refractivity contribution in [2.24, 2.45) is 11.3 Å². The Kier molecular flexibility index (Phi) is 17.6. The van der Waals surface area contributed by atoms with Crippen LogP contribution in [-0.2, 0) is 23.9 Å². The molecular formula is C31H42O12. The number of carbonyl (C=O) groups excluding carboxylic acids is 2. The van der Waals surface area contributed by atoms with Gasteiger partial charge < -0.3 is 29.9 Å². The second-order valence-electron chi connectivity index (χ2n) is 10.5. The molecule has 1 aromatic carbocycles. The summed E-state index contributed by atoms with van der Waals surface area (Å²) in [5, 5.41) is 34.8. The highest BCUT2D eigenvalue weighted by atomic mass is 16.7. The van der Waals surface area contributed by atoms with E-state index in [4.69, 9.17) is 20.4 Å². The first kappa shape index (κ1) is 38.5. The molecule has 1 aliphatic carbocycles. The Hall–Kier alpha value is -4.48. The van der Waals surface area contributed by atoms with E-state index in [0.717, 1.165) is 26.4 Å². The van der Waals surface area contributed by atoms with Crippen molar-refractivity contribution in [3.8, 4) is 5.75 Å². The van der Waals surface area contributed by atoms with Crippen LogP contribution < -0.4 is 4.74 Å². The minimum atomic E-state index is -1.16. The van der Waals surface area contributed by atoms with Gasteiger partial charge in [-0.2, -0.15) is 0 Å². The average Bonchev–Trinajstić information content (AvgIpc) is 2.91. The van der Waals surface area contributed by atoms with Crippen molar-refractivity contribution in [1.82, 2.24) is 0 Å². The van der Waals surface area contributed by atoms with Crippen molar-refractivity contribution in [3.05, 3.63) is 53.1 Å². The molecule has 0 atom stereocenters. The number of para-hydroxylation sites is 1. The number of aromatic carboxylic acids is 1. The first-order chi connectivity index (χ1) is 20.0. The fourth-order valence-electron chi connectivity index (χ4n) is 3.94. The lowest BCUT2D eigenvalue weighted by Crippen LogP contribution is -2.30. The maximum Gasteiger partial charge on any atom is 0.513 e. The van der Waals surface area contributed by atoms with Crippen LogP contribution in [0.3, 0.4) is 0 Å². The largest absolute Gasteiger partial charge is 0.513 e. The molecule has 0 bridgehead atoms. The van der Waals surface area contributed by atoms with E-state index in [1.807, 2.05) is 0 Å². The van der Waals surface area contributed by atoms with Crippen molar-refractivity contribution in [1.29, 1.82) is 0 Å². The first-order valence-corrected chi connectivity index (χ1v) is 13.7. The van der Waals surface area contributed by atoms with Crippen molar-refractivity contribution in [2.75, 3.05) is 7.11 Å². The van der Waals surface area contributed by atoms with E-state index in [9.17, 15) is 28.8 Å².